The Balaban J connectivity index is 1.50. The van der Waals surface area contributed by atoms with Gasteiger partial charge in [0.15, 0.2) is 0 Å². The molecule has 24 heavy (non-hydrogen) atoms. The van der Waals surface area contributed by atoms with Crippen molar-refractivity contribution in [3.8, 4) is 0 Å². The van der Waals surface area contributed by atoms with E-state index >= 15 is 0 Å². The van der Waals surface area contributed by atoms with E-state index in [2.05, 4.69) is 32.1 Å². The van der Waals surface area contributed by atoms with E-state index in [1.807, 2.05) is 11.8 Å². The number of likely N-dealkylation sites (tertiary alicyclic amines) is 1. The molecule has 0 spiro atoms. The normalized spacial score (nSPS) is 25.1. The van der Waals surface area contributed by atoms with Gasteiger partial charge in [0.25, 0.3) is 0 Å². The molecule has 0 radical (unpaired) electrons. The van der Waals surface area contributed by atoms with E-state index < -0.39 is 0 Å². The van der Waals surface area contributed by atoms with Crippen molar-refractivity contribution in [2.45, 2.75) is 19.1 Å². The van der Waals surface area contributed by atoms with Crippen LogP contribution in [0.2, 0.25) is 0 Å². The van der Waals surface area contributed by atoms with Gasteiger partial charge in [-0.3, -0.25) is 4.98 Å². The Labute approximate surface area is 142 Å². The van der Waals surface area contributed by atoms with Crippen LogP contribution in [0.25, 0.3) is 0 Å². The second-order valence-electron chi connectivity index (χ2n) is 6.31. The van der Waals surface area contributed by atoms with E-state index in [4.69, 9.17) is 4.74 Å². The lowest BCUT2D eigenvalue weighted by Crippen LogP contribution is -2.55. The number of amides is 2. The van der Waals surface area contributed by atoms with Crippen molar-refractivity contribution in [3.05, 3.63) is 18.6 Å². The van der Waals surface area contributed by atoms with E-state index in [1.165, 1.54) is 0 Å². The number of ether oxygens (including phenoxy) is 1. The van der Waals surface area contributed by atoms with Crippen molar-refractivity contribution in [2.24, 2.45) is 0 Å². The highest BCUT2D eigenvalue weighted by atomic mass is 16.5. The quantitative estimate of drug-likeness (QED) is 0.837. The molecular formula is C16H26N6O2. The molecule has 2 amide bonds. The number of hydrogen-bond acceptors (Lipinski definition) is 6. The molecule has 1 N–H and O–H groups in total. The summed E-state index contributed by atoms with van der Waals surface area (Å²) in [5.41, 5.74) is 0. The van der Waals surface area contributed by atoms with Crippen LogP contribution in [-0.4, -0.2) is 90.9 Å². The average molecular weight is 334 g/mol. The van der Waals surface area contributed by atoms with Gasteiger partial charge in [-0.25, -0.2) is 9.78 Å². The number of likely N-dealkylation sites (N-methyl/N-ethyl adjacent to an activating group) is 1. The Kier molecular flexibility index (Phi) is 5.47. The fraction of sp³-hybridized carbons (Fsp3) is 0.688. The van der Waals surface area contributed by atoms with E-state index in [0.717, 1.165) is 32.0 Å². The summed E-state index contributed by atoms with van der Waals surface area (Å²) in [6.07, 6.45) is 5.20. The van der Waals surface area contributed by atoms with Gasteiger partial charge in [-0.05, 0) is 14.0 Å². The number of rotatable bonds is 4. The number of nitrogens with zero attached hydrogens (tertiary/aromatic N) is 5. The molecule has 1 aromatic rings. The highest BCUT2D eigenvalue weighted by molar-refractivity contribution is 5.75. The maximum atomic E-state index is 12.5. The third-order valence-electron chi connectivity index (χ3n) is 4.58. The molecule has 2 saturated heterocycles. The first-order valence-corrected chi connectivity index (χ1v) is 8.54. The summed E-state index contributed by atoms with van der Waals surface area (Å²) in [4.78, 5) is 27.2. The summed E-state index contributed by atoms with van der Waals surface area (Å²) < 4.78 is 5.75. The fourth-order valence-electron chi connectivity index (χ4n) is 3.33. The van der Waals surface area contributed by atoms with Gasteiger partial charge in [-0.15, -0.1) is 0 Å². The zero-order chi connectivity index (χ0) is 16.9. The van der Waals surface area contributed by atoms with Crippen LogP contribution in [-0.2, 0) is 4.74 Å². The molecule has 0 aromatic carbocycles. The predicted octanol–water partition coefficient (Wildman–Crippen LogP) is 0.0273. The van der Waals surface area contributed by atoms with Gasteiger partial charge in [0.05, 0.1) is 18.3 Å². The van der Waals surface area contributed by atoms with Crippen molar-refractivity contribution in [1.82, 2.24) is 25.1 Å². The van der Waals surface area contributed by atoms with Crippen molar-refractivity contribution >= 4 is 11.8 Å². The zero-order valence-corrected chi connectivity index (χ0v) is 14.4. The van der Waals surface area contributed by atoms with Gasteiger partial charge in [0.1, 0.15) is 5.82 Å². The minimum Gasteiger partial charge on any atom is -0.375 e. The molecule has 0 bridgehead atoms. The number of carbonyl (C=O) groups excluding carboxylic acids is 1. The standard InChI is InChI=1S/C16H26N6O2/c1-3-24-14-12-20(2)11-13(14)19-16(23)22-8-6-21(7-9-22)15-10-17-4-5-18-15/h4-5,10,13-14H,3,6-9,11-12H2,1-2H3,(H,19,23). The number of carbonyl (C=O) groups is 1. The third kappa shape index (κ3) is 3.93. The number of aromatic nitrogens is 2. The summed E-state index contributed by atoms with van der Waals surface area (Å²) in [7, 11) is 2.05. The minimum absolute atomic E-state index is 0.00111. The number of hydrogen-bond donors (Lipinski definition) is 1. The molecule has 2 unspecified atom stereocenters. The van der Waals surface area contributed by atoms with E-state index in [1.54, 1.807) is 18.6 Å². The maximum absolute atomic E-state index is 12.5. The van der Waals surface area contributed by atoms with Crippen molar-refractivity contribution in [2.75, 3.05) is 57.8 Å². The van der Waals surface area contributed by atoms with Gasteiger partial charge in [-0.1, -0.05) is 0 Å². The highest BCUT2D eigenvalue weighted by Gasteiger charge is 2.34. The Bertz CT molecular complexity index is 535. The molecule has 0 aliphatic carbocycles. The van der Waals surface area contributed by atoms with Crippen LogP contribution in [0.3, 0.4) is 0 Å². The first-order valence-electron chi connectivity index (χ1n) is 8.54. The third-order valence-corrected chi connectivity index (χ3v) is 4.58. The zero-order valence-electron chi connectivity index (χ0n) is 14.4. The average Bonchev–Trinajstić information content (AvgIpc) is 2.95. The molecule has 2 aliphatic rings. The van der Waals surface area contributed by atoms with E-state index in [0.29, 0.717) is 19.7 Å². The van der Waals surface area contributed by atoms with Gasteiger partial charge in [0.2, 0.25) is 0 Å². The Hall–Kier alpha value is -1.93. The SMILES string of the molecule is CCOC1CN(C)CC1NC(=O)N1CCN(c2cnccn2)CC1. The summed E-state index contributed by atoms with van der Waals surface area (Å²) in [6.45, 7) is 7.26. The molecule has 0 saturated carbocycles. The number of piperazine rings is 1. The topological polar surface area (TPSA) is 73.8 Å². The number of urea groups is 1. The van der Waals surface area contributed by atoms with E-state index in [9.17, 15) is 4.79 Å². The lowest BCUT2D eigenvalue weighted by molar-refractivity contribution is 0.0549. The predicted molar refractivity (Wildman–Crippen MR) is 91.0 cm³/mol. The molecule has 2 aliphatic heterocycles. The Morgan fingerprint density at radius 3 is 2.75 bits per heavy atom. The van der Waals surface area contributed by atoms with Crippen LogP contribution < -0.4 is 10.2 Å². The number of nitrogens with one attached hydrogen (secondary N) is 1. The van der Waals surface area contributed by atoms with Gasteiger partial charge in [-0.2, -0.15) is 0 Å². The highest BCUT2D eigenvalue weighted by Crippen LogP contribution is 2.14. The van der Waals surface area contributed by atoms with Crippen LogP contribution in [0.1, 0.15) is 6.92 Å². The summed E-state index contributed by atoms with van der Waals surface area (Å²) in [5.74, 6) is 0.867. The molecule has 2 fully saturated rings. The first kappa shape index (κ1) is 16.9. The van der Waals surface area contributed by atoms with Gasteiger partial charge >= 0.3 is 6.03 Å². The lowest BCUT2D eigenvalue weighted by Gasteiger charge is -2.36. The van der Waals surface area contributed by atoms with Crippen molar-refractivity contribution in [3.63, 3.8) is 0 Å². The Morgan fingerprint density at radius 2 is 2.08 bits per heavy atom. The van der Waals surface area contributed by atoms with Crippen LogP contribution in [0.5, 0.6) is 0 Å². The molecule has 3 rings (SSSR count). The summed E-state index contributed by atoms with van der Waals surface area (Å²) >= 11 is 0. The largest absolute Gasteiger partial charge is 0.375 e. The molecule has 3 heterocycles. The van der Waals surface area contributed by atoms with Crippen molar-refractivity contribution in [1.29, 1.82) is 0 Å². The molecule has 1 aromatic heterocycles. The first-order chi connectivity index (χ1) is 11.7. The Morgan fingerprint density at radius 1 is 1.29 bits per heavy atom. The van der Waals surface area contributed by atoms with Crippen molar-refractivity contribution < 1.29 is 9.53 Å². The lowest BCUT2D eigenvalue weighted by atomic mass is 10.2. The maximum Gasteiger partial charge on any atom is 0.317 e. The summed E-state index contributed by atoms with van der Waals surface area (Å²) in [6, 6.07) is 0.0549. The second-order valence-corrected chi connectivity index (χ2v) is 6.31. The second kappa shape index (κ2) is 7.76. The molecule has 132 valence electrons. The van der Waals surface area contributed by atoms with Crippen LogP contribution in [0.4, 0.5) is 10.6 Å². The van der Waals surface area contributed by atoms with Crippen LogP contribution in [0.15, 0.2) is 18.6 Å². The molecule has 2 atom stereocenters. The molecular weight excluding hydrogens is 308 g/mol. The van der Waals surface area contributed by atoms with Gasteiger partial charge < -0.3 is 24.8 Å². The minimum atomic E-state index is -0.00111. The van der Waals surface area contributed by atoms with Gasteiger partial charge in [0, 0.05) is 58.3 Å². The number of anilines is 1. The monoisotopic (exact) mass is 334 g/mol. The molecule has 8 nitrogen and oxygen atoms in total. The van der Waals surface area contributed by atoms with Crippen LogP contribution in [0, 0.1) is 0 Å². The van der Waals surface area contributed by atoms with E-state index in [-0.39, 0.29) is 18.2 Å². The summed E-state index contributed by atoms with van der Waals surface area (Å²) in [5, 5.41) is 3.14. The smallest absolute Gasteiger partial charge is 0.317 e. The van der Waals surface area contributed by atoms with Crippen LogP contribution >= 0.6 is 0 Å². The molecule has 8 heteroatoms. The fourth-order valence-corrected chi connectivity index (χ4v) is 3.33.